The van der Waals surface area contributed by atoms with E-state index in [1.54, 1.807) is 23.1 Å². The molecule has 1 heterocycles. The predicted octanol–water partition coefficient (Wildman–Crippen LogP) is 6.43. The summed E-state index contributed by atoms with van der Waals surface area (Å²) in [6.45, 7) is 13.1. The monoisotopic (exact) mass is 493 g/mol. The van der Waals surface area contributed by atoms with Gasteiger partial charge in [-0.15, -0.1) is 0 Å². The summed E-state index contributed by atoms with van der Waals surface area (Å²) in [5.74, 6) is 0.351. The van der Waals surface area contributed by atoms with Crippen LogP contribution in [0.2, 0.25) is 0 Å². The minimum atomic E-state index is -0.685. The van der Waals surface area contributed by atoms with E-state index in [0.717, 1.165) is 36.1 Å². The summed E-state index contributed by atoms with van der Waals surface area (Å²) >= 11 is 0. The molecule has 6 nitrogen and oxygen atoms in total. The van der Waals surface area contributed by atoms with Crippen molar-refractivity contribution in [3.8, 4) is 11.5 Å². The third-order valence-corrected chi connectivity index (χ3v) is 6.11. The smallest absolute Gasteiger partial charge is 0.295 e. The number of hydrogen-bond acceptors (Lipinski definition) is 5. The first-order valence-corrected chi connectivity index (χ1v) is 12.9. The van der Waals surface area contributed by atoms with Crippen LogP contribution in [-0.2, 0) is 9.59 Å². The minimum Gasteiger partial charge on any atom is -0.507 e. The number of aryl methyl sites for hydroxylation is 1. The van der Waals surface area contributed by atoms with Crippen LogP contribution in [0.15, 0.2) is 48.0 Å². The van der Waals surface area contributed by atoms with Crippen LogP contribution in [-0.4, -0.2) is 41.0 Å². The normalized spacial score (nSPS) is 17.3. The Bertz CT molecular complexity index is 1120. The van der Waals surface area contributed by atoms with Gasteiger partial charge >= 0.3 is 0 Å². The second-order valence-electron chi connectivity index (χ2n) is 10.1. The summed E-state index contributed by atoms with van der Waals surface area (Å²) in [4.78, 5) is 28.0. The highest BCUT2D eigenvalue weighted by molar-refractivity contribution is 6.46. The molecule has 194 valence electrons. The lowest BCUT2D eigenvalue weighted by molar-refractivity contribution is -0.139. The first-order valence-electron chi connectivity index (χ1n) is 12.9. The number of carbonyl (C=O) groups excluding carboxylic acids is 2. The molecule has 1 fully saturated rings. The number of nitrogens with zero attached hydrogens (tertiary/aromatic N) is 1. The lowest BCUT2D eigenvalue weighted by Crippen LogP contribution is -2.30. The van der Waals surface area contributed by atoms with Gasteiger partial charge in [-0.05, 0) is 74.6 Å². The maximum absolute atomic E-state index is 13.3. The number of aliphatic hydroxyl groups excluding tert-OH is 1. The van der Waals surface area contributed by atoms with Gasteiger partial charge in [0, 0.05) is 12.1 Å². The standard InChI is InChI=1S/C30H39NO5/c1-7-8-9-15-31-27(22-11-10-12-24(17-22)36-20(4)5)26(29(33)30(31)34)28(32)23-13-14-25(21(6)16-23)35-18-19(2)3/h10-14,16-17,19-20,27,32H,7-9,15,18H2,1-6H3/b28-26+. The minimum absolute atomic E-state index is 0.0180. The Kier molecular flexibility index (Phi) is 9.19. The van der Waals surface area contributed by atoms with E-state index in [0.29, 0.717) is 30.4 Å². The third-order valence-electron chi connectivity index (χ3n) is 6.11. The van der Waals surface area contributed by atoms with Crippen molar-refractivity contribution >= 4 is 17.4 Å². The summed E-state index contributed by atoms with van der Waals surface area (Å²) in [6.07, 6.45) is 2.71. The zero-order valence-electron chi connectivity index (χ0n) is 22.3. The van der Waals surface area contributed by atoms with Gasteiger partial charge in [0.25, 0.3) is 11.7 Å². The molecule has 1 aliphatic rings. The fourth-order valence-corrected chi connectivity index (χ4v) is 4.39. The van der Waals surface area contributed by atoms with Gasteiger partial charge < -0.3 is 19.5 Å². The zero-order chi connectivity index (χ0) is 26.4. The predicted molar refractivity (Wildman–Crippen MR) is 142 cm³/mol. The van der Waals surface area contributed by atoms with Crippen molar-refractivity contribution in [1.82, 2.24) is 4.90 Å². The topological polar surface area (TPSA) is 76.1 Å². The Morgan fingerprint density at radius 3 is 2.44 bits per heavy atom. The fourth-order valence-electron chi connectivity index (χ4n) is 4.39. The average Bonchev–Trinajstić information content (AvgIpc) is 3.07. The van der Waals surface area contributed by atoms with Crippen LogP contribution in [0.3, 0.4) is 0 Å². The summed E-state index contributed by atoms with van der Waals surface area (Å²) < 4.78 is 11.7. The Hall–Kier alpha value is -3.28. The van der Waals surface area contributed by atoms with Crippen LogP contribution >= 0.6 is 0 Å². The molecule has 2 aromatic carbocycles. The lowest BCUT2D eigenvalue weighted by Gasteiger charge is -2.26. The largest absolute Gasteiger partial charge is 0.507 e. The van der Waals surface area contributed by atoms with E-state index >= 15 is 0 Å². The molecule has 1 atom stereocenters. The van der Waals surface area contributed by atoms with E-state index in [9.17, 15) is 14.7 Å². The van der Waals surface area contributed by atoms with Crippen molar-refractivity contribution in [3.05, 3.63) is 64.7 Å². The molecule has 1 amide bonds. The van der Waals surface area contributed by atoms with E-state index in [2.05, 4.69) is 20.8 Å². The highest BCUT2D eigenvalue weighted by atomic mass is 16.5. The number of amides is 1. The molecule has 2 aromatic rings. The molecule has 1 unspecified atom stereocenters. The zero-order valence-corrected chi connectivity index (χ0v) is 22.3. The maximum atomic E-state index is 13.3. The van der Waals surface area contributed by atoms with E-state index in [4.69, 9.17) is 9.47 Å². The number of likely N-dealkylation sites (tertiary alicyclic amines) is 1. The number of benzene rings is 2. The Morgan fingerprint density at radius 2 is 1.81 bits per heavy atom. The fraction of sp³-hybridized carbons (Fsp3) is 0.467. The van der Waals surface area contributed by atoms with E-state index < -0.39 is 17.7 Å². The van der Waals surface area contributed by atoms with Gasteiger partial charge in [0.1, 0.15) is 17.3 Å². The van der Waals surface area contributed by atoms with Crippen molar-refractivity contribution in [2.45, 2.75) is 73.0 Å². The Balaban J connectivity index is 2.07. The van der Waals surface area contributed by atoms with Gasteiger partial charge in [-0.25, -0.2) is 0 Å². The summed E-state index contributed by atoms with van der Waals surface area (Å²) in [6, 6.07) is 12.1. The Labute approximate surface area is 214 Å². The highest BCUT2D eigenvalue weighted by Crippen LogP contribution is 2.41. The van der Waals surface area contributed by atoms with E-state index in [1.807, 2.05) is 45.0 Å². The van der Waals surface area contributed by atoms with Gasteiger partial charge in [-0.3, -0.25) is 9.59 Å². The van der Waals surface area contributed by atoms with E-state index in [1.165, 1.54) is 0 Å². The molecule has 0 aliphatic carbocycles. The van der Waals surface area contributed by atoms with Crippen LogP contribution in [0.4, 0.5) is 0 Å². The number of ether oxygens (including phenoxy) is 2. The maximum Gasteiger partial charge on any atom is 0.295 e. The van der Waals surface area contributed by atoms with Crippen LogP contribution in [0.5, 0.6) is 11.5 Å². The molecular weight excluding hydrogens is 454 g/mol. The molecule has 0 radical (unpaired) electrons. The van der Waals surface area contributed by atoms with Crippen molar-refractivity contribution < 1.29 is 24.2 Å². The van der Waals surface area contributed by atoms with Gasteiger partial charge in [0.15, 0.2) is 0 Å². The first kappa shape index (κ1) is 27.3. The SMILES string of the molecule is CCCCCN1C(=O)C(=O)/C(=C(/O)c2ccc(OCC(C)C)c(C)c2)C1c1cccc(OC(C)C)c1. The lowest BCUT2D eigenvalue weighted by atomic mass is 9.94. The molecule has 0 saturated carbocycles. The van der Waals surface area contributed by atoms with Crippen LogP contribution in [0, 0.1) is 12.8 Å². The molecule has 3 rings (SSSR count). The van der Waals surface area contributed by atoms with Gasteiger partial charge in [-0.2, -0.15) is 0 Å². The number of unbranched alkanes of at least 4 members (excludes halogenated alkanes) is 2. The van der Waals surface area contributed by atoms with Gasteiger partial charge in [0.2, 0.25) is 0 Å². The molecule has 0 spiro atoms. The van der Waals surface area contributed by atoms with Crippen LogP contribution in [0.25, 0.3) is 5.76 Å². The quantitative estimate of drug-likeness (QED) is 0.169. The average molecular weight is 494 g/mol. The molecular formula is C30H39NO5. The number of aliphatic hydroxyl groups is 1. The molecule has 0 bridgehead atoms. The number of ketones is 1. The van der Waals surface area contributed by atoms with Crippen molar-refractivity contribution in [3.63, 3.8) is 0 Å². The second kappa shape index (κ2) is 12.1. The van der Waals surface area contributed by atoms with E-state index in [-0.39, 0.29) is 17.4 Å². The third kappa shape index (κ3) is 6.28. The van der Waals surface area contributed by atoms with Crippen molar-refractivity contribution in [2.24, 2.45) is 5.92 Å². The summed E-state index contributed by atoms with van der Waals surface area (Å²) in [5.41, 5.74) is 2.17. The second-order valence-corrected chi connectivity index (χ2v) is 10.1. The molecule has 0 aromatic heterocycles. The number of hydrogen-bond donors (Lipinski definition) is 1. The van der Waals surface area contributed by atoms with Crippen LogP contribution in [0.1, 0.15) is 76.6 Å². The van der Waals surface area contributed by atoms with Crippen molar-refractivity contribution in [2.75, 3.05) is 13.2 Å². The van der Waals surface area contributed by atoms with Gasteiger partial charge in [0.05, 0.1) is 24.3 Å². The molecule has 36 heavy (non-hydrogen) atoms. The molecule has 1 saturated heterocycles. The molecule has 1 N–H and O–H groups in total. The number of rotatable bonds is 11. The Morgan fingerprint density at radius 1 is 1.06 bits per heavy atom. The summed E-state index contributed by atoms with van der Waals surface area (Å²) in [5, 5.41) is 11.4. The first-order chi connectivity index (χ1) is 17.1. The van der Waals surface area contributed by atoms with Crippen LogP contribution < -0.4 is 9.47 Å². The number of carbonyl (C=O) groups is 2. The molecule has 6 heteroatoms. The highest BCUT2D eigenvalue weighted by Gasteiger charge is 2.45. The van der Waals surface area contributed by atoms with Crippen molar-refractivity contribution in [1.29, 1.82) is 0 Å². The molecule has 1 aliphatic heterocycles. The number of Topliss-reactive ketones (excluding diaryl/α,β-unsaturated/α-hetero) is 1. The summed E-state index contributed by atoms with van der Waals surface area (Å²) in [7, 11) is 0. The van der Waals surface area contributed by atoms with Gasteiger partial charge in [-0.1, -0.05) is 45.7 Å².